The first-order valence-corrected chi connectivity index (χ1v) is 10.0. The zero-order valence-electron chi connectivity index (χ0n) is 12.4. The van der Waals surface area contributed by atoms with Gasteiger partial charge in [0.25, 0.3) is 0 Å². The molecule has 4 nitrogen and oxygen atoms in total. The average Bonchev–Trinajstić information content (AvgIpc) is 3.04. The maximum absolute atomic E-state index is 5.88. The first-order valence-electron chi connectivity index (χ1n) is 7.80. The van der Waals surface area contributed by atoms with Crippen molar-refractivity contribution in [3.63, 3.8) is 0 Å². The van der Waals surface area contributed by atoms with Gasteiger partial charge >= 0.3 is 0 Å². The SMILES string of the molecule is CCNc1nc(C2CSCCO2)nc(C2CCCC2)c1I. The lowest BCUT2D eigenvalue weighted by Gasteiger charge is -2.23. The highest BCUT2D eigenvalue weighted by Crippen LogP contribution is 2.38. The van der Waals surface area contributed by atoms with E-state index >= 15 is 0 Å². The van der Waals surface area contributed by atoms with Gasteiger partial charge in [0.1, 0.15) is 11.9 Å². The van der Waals surface area contributed by atoms with Crippen molar-refractivity contribution in [2.24, 2.45) is 0 Å². The molecule has 1 aromatic heterocycles. The van der Waals surface area contributed by atoms with Crippen LogP contribution in [0.3, 0.4) is 0 Å². The van der Waals surface area contributed by atoms with Crippen molar-refractivity contribution in [1.82, 2.24) is 9.97 Å². The molecular formula is C15H22IN3OS. The van der Waals surface area contributed by atoms with E-state index in [1.807, 2.05) is 11.8 Å². The first-order chi connectivity index (χ1) is 10.3. The fourth-order valence-electron chi connectivity index (χ4n) is 3.02. The molecule has 2 heterocycles. The highest BCUT2D eigenvalue weighted by atomic mass is 127. The summed E-state index contributed by atoms with van der Waals surface area (Å²) in [4.78, 5) is 9.67. The zero-order valence-corrected chi connectivity index (χ0v) is 15.4. The molecule has 1 unspecified atom stereocenters. The van der Waals surface area contributed by atoms with Crippen LogP contribution in [0.25, 0.3) is 0 Å². The van der Waals surface area contributed by atoms with Gasteiger partial charge in [0, 0.05) is 24.0 Å². The summed E-state index contributed by atoms with van der Waals surface area (Å²) in [7, 11) is 0. The van der Waals surface area contributed by atoms with Gasteiger partial charge in [0.15, 0.2) is 5.82 Å². The van der Waals surface area contributed by atoms with E-state index in [4.69, 9.17) is 14.7 Å². The minimum absolute atomic E-state index is 0.0540. The van der Waals surface area contributed by atoms with Crippen molar-refractivity contribution in [2.75, 3.05) is 30.0 Å². The molecule has 0 amide bonds. The lowest BCUT2D eigenvalue weighted by molar-refractivity contribution is 0.0692. The van der Waals surface area contributed by atoms with Gasteiger partial charge in [-0.3, -0.25) is 0 Å². The van der Waals surface area contributed by atoms with Crippen molar-refractivity contribution in [1.29, 1.82) is 0 Å². The molecule has 0 aromatic carbocycles. The third kappa shape index (κ3) is 3.64. The van der Waals surface area contributed by atoms with Crippen LogP contribution in [0.5, 0.6) is 0 Å². The standard InChI is InChI=1S/C15H22IN3OS/c1-2-17-15-12(16)13(10-5-3-4-6-10)18-14(19-15)11-9-21-8-7-20-11/h10-11H,2-9H2,1H3,(H,17,18,19). The van der Waals surface area contributed by atoms with E-state index in [1.54, 1.807) is 0 Å². The van der Waals surface area contributed by atoms with Gasteiger partial charge < -0.3 is 10.1 Å². The van der Waals surface area contributed by atoms with Crippen LogP contribution in [-0.4, -0.2) is 34.6 Å². The molecule has 1 aliphatic heterocycles. The van der Waals surface area contributed by atoms with Crippen molar-refractivity contribution >= 4 is 40.2 Å². The molecule has 0 bridgehead atoms. The van der Waals surface area contributed by atoms with Crippen molar-refractivity contribution < 1.29 is 4.74 Å². The fraction of sp³-hybridized carbons (Fsp3) is 0.733. The van der Waals surface area contributed by atoms with E-state index < -0.39 is 0 Å². The van der Waals surface area contributed by atoms with Crippen LogP contribution in [0.15, 0.2) is 0 Å². The molecule has 1 saturated heterocycles. The molecule has 2 aliphatic rings. The Labute approximate surface area is 144 Å². The van der Waals surface area contributed by atoms with Crippen molar-refractivity contribution in [3.05, 3.63) is 15.1 Å². The Kier molecular flexibility index (Phi) is 5.61. The van der Waals surface area contributed by atoms with Crippen molar-refractivity contribution in [3.8, 4) is 0 Å². The largest absolute Gasteiger partial charge is 0.369 e. The molecule has 1 N–H and O–H groups in total. The van der Waals surface area contributed by atoms with Crippen LogP contribution in [0.1, 0.15) is 56.1 Å². The number of nitrogens with zero attached hydrogens (tertiary/aromatic N) is 2. The van der Waals surface area contributed by atoms with Gasteiger partial charge in [-0.25, -0.2) is 9.97 Å². The molecule has 1 aliphatic carbocycles. The van der Waals surface area contributed by atoms with Crippen LogP contribution < -0.4 is 5.32 Å². The average molecular weight is 419 g/mol. The zero-order chi connectivity index (χ0) is 14.7. The summed E-state index contributed by atoms with van der Waals surface area (Å²) in [5.74, 6) is 4.52. The first kappa shape index (κ1) is 15.8. The maximum Gasteiger partial charge on any atom is 0.160 e. The number of nitrogens with one attached hydrogen (secondary N) is 1. The van der Waals surface area contributed by atoms with Gasteiger partial charge in [-0.2, -0.15) is 11.8 Å². The third-order valence-corrected chi connectivity index (χ3v) is 6.14. The normalized spacial score (nSPS) is 23.4. The Bertz CT molecular complexity index is 488. The maximum atomic E-state index is 5.88. The minimum atomic E-state index is 0.0540. The van der Waals surface area contributed by atoms with Crippen LogP contribution in [0.2, 0.25) is 0 Å². The van der Waals surface area contributed by atoms with E-state index in [0.717, 1.165) is 36.3 Å². The molecule has 21 heavy (non-hydrogen) atoms. The smallest absolute Gasteiger partial charge is 0.160 e. The fourth-order valence-corrected chi connectivity index (χ4v) is 4.73. The summed E-state index contributed by atoms with van der Waals surface area (Å²) in [6.45, 7) is 3.80. The number of hydrogen-bond donors (Lipinski definition) is 1. The lowest BCUT2D eigenvalue weighted by atomic mass is 10.0. The highest BCUT2D eigenvalue weighted by molar-refractivity contribution is 14.1. The molecule has 6 heteroatoms. The molecular weight excluding hydrogens is 397 g/mol. The molecule has 2 fully saturated rings. The number of hydrogen-bond acceptors (Lipinski definition) is 5. The third-order valence-electron chi connectivity index (χ3n) is 4.08. The summed E-state index contributed by atoms with van der Waals surface area (Å²) in [5, 5.41) is 3.40. The molecule has 0 spiro atoms. The van der Waals surface area contributed by atoms with Crippen LogP contribution in [0.4, 0.5) is 5.82 Å². The van der Waals surface area contributed by atoms with Crippen LogP contribution >= 0.6 is 34.4 Å². The second kappa shape index (κ2) is 7.46. The predicted molar refractivity (Wildman–Crippen MR) is 96.1 cm³/mol. The molecule has 1 saturated carbocycles. The Hall–Kier alpha value is -0.0800. The van der Waals surface area contributed by atoms with Crippen molar-refractivity contribution in [2.45, 2.75) is 44.6 Å². The van der Waals surface area contributed by atoms with Gasteiger partial charge in [0.2, 0.25) is 0 Å². The number of thioether (sulfide) groups is 1. The second-order valence-electron chi connectivity index (χ2n) is 5.58. The molecule has 116 valence electrons. The van der Waals surface area contributed by atoms with E-state index in [2.05, 4.69) is 34.8 Å². The number of anilines is 1. The molecule has 3 rings (SSSR count). The number of aromatic nitrogens is 2. The Morgan fingerprint density at radius 2 is 2.14 bits per heavy atom. The van der Waals surface area contributed by atoms with Gasteiger partial charge in [-0.1, -0.05) is 12.8 Å². The second-order valence-corrected chi connectivity index (χ2v) is 7.80. The highest BCUT2D eigenvalue weighted by Gasteiger charge is 2.27. The lowest BCUT2D eigenvalue weighted by Crippen LogP contribution is -2.21. The van der Waals surface area contributed by atoms with Crippen LogP contribution in [0, 0.1) is 3.57 Å². The van der Waals surface area contributed by atoms with E-state index in [-0.39, 0.29) is 6.10 Å². The predicted octanol–water partition coefficient (Wildman–Crippen LogP) is 3.98. The van der Waals surface area contributed by atoms with E-state index in [9.17, 15) is 0 Å². The monoisotopic (exact) mass is 419 g/mol. The van der Waals surface area contributed by atoms with E-state index in [0.29, 0.717) is 5.92 Å². The number of halogens is 1. The van der Waals surface area contributed by atoms with E-state index in [1.165, 1.54) is 34.9 Å². The summed E-state index contributed by atoms with van der Waals surface area (Å²) in [5.41, 5.74) is 1.24. The van der Waals surface area contributed by atoms with Crippen LogP contribution in [-0.2, 0) is 4.74 Å². The Balaban J connectivity index is 1.94. The minimum Gasteiger partial charge on any atom is -0.369 e. The van der Waals surface area contributed by atoms with Gasteiger partial charge in [-0.05, 0) is 42.4 Å². The Morgan fingerprint density at radius 3 is 2.81 bits per heavy atom. The quantitative estimate of drug-likeness (QED) is 0.749. The number of ether oxygens (including phenoxy) is 1. The summed E-state index contributed by atoms with van der Waals surface area (Å²) < 4.78 is 7.08. The summed E-state index contributed by atoms with van der Waals surface area (Å²) >= 11 is 4.34. The topological polar surface area (TPSA) is 47.0 Å². The summed E-state index contributed by atoms with van der Waals surface area (Å²) in [6, 6.07) is 0. The van der Waals surface area contributed by atoms with Gasteiger partial charge in [-0.15, -0.1) is 0 Å². The van der Waals surface area contributed by atoms with Gasteiger partial charge in [0.05, 0.1) is 15.9 Å². The Morgan fingerprint density at radius 1 is 1.33 bits per heavy atom. The summed E-state index contributed by atoms with van der Waals surface area (Å²) in [6.07, 6.45) is 5.23. The molecule has 1 atom stereocenters. The molecule has 1 aromatic rings. The molecule has 0 radical (unpaired) electrons. The number of rotatable bonds is 4.